The van der Waals surface area contributed by atoms with Crippen molar-refractivity contribution >= 4 is 0 Å². The molecular weight excluding hydrogens is 266 g/mol. The van der Waals surface area contributed by atoms with Crippen LogP contribution in [0.4, 0.5) is 0 Å². The number of nitrogens with one attached hydrogen (secondary N) is 1. The maximum atomic E-state index is 9.74. The van der Waals surface area contributed by atoms with Crippen LogP contribution in [0.5, 0.6) is 0 Å². The Morgan fingerprint density at radius 1 is 1.29 bits per heavy atom. The van der Waals surface area contributed by atoms with Crippen LogP contribution in [0.3, 0.4) is 0 Å². The molecule has 21 heavy (non-hydrogen) atoms. The summed E-state index contributed by atoms with van der Waals surface area (Å²) in [7, 11) is 0. The van der Waals surface area contributed by atoms with Gasteiger partial charge in [-0.3, -0.25) is 0 Å². The topological polar surface area (TPSA) is 50.7 Å². The highest BCUT2D eigenvalue weighted by Gasteiger charge is 2.45. The second-order valence-electron chi connectivity index (χ2n) is 6.20. The predicted molar refractivity (Wildman–Crippen MR) is 80.8 cm³/mol. The van der Waals surface area contributed by atoms with E-state index in [-0.39, 0.29) is 18.6 Å². The minimum atomic E-state index is -0.429. The molecule has 2 N–H and O–H groups in total. The first-order valence-electron chi connectivity index (χ1n) is 7.92. The van der Waals surface area contributed by atoms with E-state index in [4.69, 9.17) is 9.47 Å². The van der Waals surface area contributed by atoms with Crippen LogP contribution in [-0.4, -0.2) is 36.8 Å². The van der Waals surface area contributed by atoms with Crippen molar-refractivity contribution in [1.82, 2.24) is 5.32 Å². The highest BCUT2D eigenvalue weighted by molar-refractivity contribution is 5.18. The Bertz CT molecular complexity index is 445. The van der Waals surface area contributed by atoms with E-state index >= 15 is 0 Å². The third-order valence-corrected chi connectivity index (χ3v) is 4.79. The summed E-state index contributed by atoms with van der Waals surface area (Å²) in [6.45, 7) is 3.71. The van der Waals surface area contributed by atoms with Gasteiger partial charge in [-0.05, 0) is 18.9 Å². The van der Waals surface area contributed by atoms with E-state index in [0.29, 0.717) is 19.3 Å². The van der Waals surface area contributed by atoms with Gasteiger partial charge in [0.15, 0.2) is 5.79 Å². The summed E-state index contributed by atoms with van der Waals surface area (Å²) in [4.78, 5) is 0. The molecule has 3 atom stereocenters. The van der Waals surface area contributed by atoms with E-state index < -0.39 is 5.79 Å². The molecule has 0 bridgehead atoms. The number of aliphatic hydroxyl groups excluding tert-OH is 1. The van der Waals surface area contributed by atoms with Gasteiger partial charge in [-0.2, -0.15) is 0 Å². The van der Waals surface area contributed by atoms with Gasteiger partial charge in [-0.25, -0.2) is 0 Å². The zero-order valence-corrected chi connectivity index (χ0v) is 12.6. The smallest absolute Gasteiger partial charge is 0.168 e. The van der Waals surface area contributed by atoms with Crippen molar-refractivity contribution in [3.63, 3.8) is 0 Å². The van der Waals surface area contributed by atoms with Gasteiger partial charge in [-0.15, -0.1) is 0 Å². The molecule has 1 spiro atoms. The van der Waals surface area contributed by atoms with Gasteiger partial charge in [0.25, 0.3) is 0 Å². The van der Waals surface area contributed by atoms with Crippen LogP contribution in [0.2, 0.25) is 0 Å². The molecule has 116 valence electrons. The number of rotatable bonds is 4. The molecule has 4 heteroatoms. The number of hydrogen-bond donors (Lipinski definition) is 2. The molecule has 1 aliphatic heterocycles. The lowest BCUT2D eigenvalue weighted by Crippen LogP contribution is -2.49. The number of ether oxygens (including phenoxy) is 2. The molecule has 1 aromatic carbocycles. The molecule has 0 unspecified atom stereocenters. The maximum Gasteiger partial charge on any atom is 0.168 e. The summed E-state index contributed by atoms with van der Waals surface area (Å²) in [5, 5.41) is 13.4. The lowest BCUT2D eigenvalue weighted by Gasteiger charge is -2.41. The third-order valence-electron chi connectivity index (χ3n) is 4.79. The van der Waals surface area contributed by atoms with Gasteiger partial charge in [0.1, 0.15) is 0 Å². The number of aliphatic hydroxyl groups is 1. The van der Waals surface area contributed by atoms with Gasteiger partial charge in [0.05, 0.1) is 13.2 Å². The summed E-state index contributed by atoms with van der Waals surface area (Å²) < 4.78 is 11.6. The molecule has 1 aliphatic carbocycles. The SMILES string of the molecule is C[C@H](N[C@H]1CCC2(C[C@H]1CO)OCCO2)c1ccccc1. The Labute approximate surface area is 126 Å². The van der Waals surface area contributed by atoms with Crippen molar-refractivity contribution < 1.29 is 14.6 Å². The molecule has 0 radical (unpaired) electrons. The van der Waals surface area contributed by atoms with Crippen molar-refractivity contribution in [3.8, 4) is 0 Å². The summed E-state index contributed by atoms with van der Waals surface area (Å²) in [5.41, 5.74) is 1.28. The Balaban J connectivity index is 1.63. The van der Waals surface area contributed by atoms with E-state index in [1.165, 1.54) is 5.56 Å². The lowest BCUT2D eigenvalue weighted by molar-refractivity contribution is -0.194. The first-order valence-corrected chi connectivity index (χ1v) is 7.92. The minimum absolute atomic E-state index is 0.174. The first-order chi connectivity index (χ1) is 10.2. The summed E-state index contributed by atoms with van der Waals surface area (Å²) >= 11 is 0. The van der Waals surface area contributed by atoms with E-state index in [2.05, 4.69) is 36.5 Å². The van der Waals surface area contributed by atoms with E-state index in [9.17, 15) is 5.11 Å². The quantitative estimate of drug-likeness (QED) is 0.893. The fourth-order valence-electron chi connectivity index (χ4n) is 3.58. The van der Waals surface area contributed by atoms with E-state index in [1.807, 2.05) is 6.07 Å². The van der Waals surface area contributed by atoms with Gasteiger partial charge in [0, 0.05) is 37.5 Å². The first kappa shape index (κ1) is 15.0. The highest BCUT2D eigenvalue weighted by Crippen LogP contribution is 2.39. The van der Waals surface area contributed by atoms with Crippen molar-refractivity contribution in [3.05, 3.63) is 35.9 Å². The van der Waals surface area contributed by atoms with Crippen LogP contribution in [0.15, 0.2) is 30.3 Å². The molecular formula is C17H25NO3. The molecule has 0 aromatic heterocycles. The van der Waals surface area contributed by atoms with Crippen molar-refractivity contribution in [2.75, 3.05) is 19.8 Å². The average molecular weight is 291 g/mol. The van der Waals surface area contributed by atoms with Crippen LogP contribution >= 0.6 is 0 Å². The standard InChI is InChI=1S/C17H25NO3/c1-13(14-5-3-2-4-6-14)18-16-7-8-17(11-15(16)12-19)20-9-10-21-17/h2-6,13,15-16,18-19H,7-12H2,1H3/t13-,15-,16-/m0/s1. The van der Waals surface area contributed by atoms with Crippen LogP contribution in [-0.2, 0) is 9.47 Å². The zero-order valence-electron chi connectivity index (χ0n) is 12.6. The Morgan fingerprint density at radius 2 is 2.00 bits per heavy atom. The average Bonchev–Trinajstić information content (AvgIpc) is 2.98. The van der Waals surface area contributed by atoms with Crippen LogP contribution in [0, 0.1) is 5.92 Å². The molecule has 3 rings (SSSR count). The summed E-state index contributed by atoms with van der Waals surface area (Å²) in [6.07, 6.45) is 2.66. The molecule has 2 fully saturated rings. The number of hydrogen-bond acceptors (Lipinski definition) is 4. The molecule has 4 nitrogen and oxygen atoms in total. The monoisotopic (exact) mass is 291 g/mol. The van der Waals surface area contributed by atoms with Gasteiger partial charge >= 0.3 is 0 Å². The van der Waals surface area contributed by atoms with E-state index in [1.54, 1.807) is 0 Å². The fraction of sp³-hybridized carbons (Fsp3) is 0.647. The molecule has 2 aliphatic rings. The van der Waals surface area contributed by atoms with Gasteiger partial charge in [0.2, 0.25) is 0 Å². The molecule has 1 heterocycles. The zero-order chi connectivity index (χ0) is 14.7. The predicted octanol–water partition coefficient (Wildman–Crippen LogP) is 2.24. The maximum absolute atomic E-state index is 9.74. The fourth-order valence-corrected chi connectivity index (χ4v) is 3.58. The molecule has 1 saturated carbocycles. The van der Waals surface area contributed by atoms with Crippen LogP contribution < -0.4 is 5.32 Å². The normalized spacial score (nSPS) is 29.6. The highest BCUT2D eigenvalue weighted by atomic mass is 16.7. The Hall–Kier alpha value is -0.940. The molecule has 0 amide bonds. The number of benzene rings is 1. The minimum Gasteiger partial charge on any atom is -0.396 e. The lowest BCUT2D eigenvalue weighted by atomic mass is 9.80. The Kier molecular flexibility index (Phi) is 4.60. The van der Waals surface area contributed by atoms with Crippen LogP contribution in [0.1, 0.15) is 37.8 Å². The van der Waals surface area contributed by atoms with Crippen molar-refractivity contribution in [2.24, 2.45) is 5.92 Å². The largest absolute Gasteiger partial charge is 0.396 e. The van der Waals surface area contributed by atoms with Crippen LogP contribution in [0.25, 0.3) is 0 Å². The Morgan fingerprint density at radius 3 is 2.67 bits per heavy atom. The van der Waals surface area contributed by atoms with E-state index in [0.717, 1.165) is 19.3 Å². The molecule has 1 aromatic rings. The molecule has 1 saturated heterocycles. The summed E-state index contributed by atoms with van der Waals surface area (Å²) in [5.74, 6) is -0.246. The van der Waals surface area contributed by atoms with Crippen molar-refractivity contribution in [2.45, 2.75) is 44.1 Å². The second kappa shape index (κ2) is 6.44. The van der Waals surface area contributed by atoms with Crippen molar-refractivity contribution in [1.29, 1.82) is 0 Å². The second-order valence-corrected chi connectivity index (χ2v) is 6.20. The van der Waals surface area contributed by atoms with Gasteiger partial charge in [-0.1, -0.05) is 30.3 Å². The summed E-state index contributed by atoms with van der Waals surface area (Å²) in [6, 6.07) is 11.0. The third kappa shape index (κ3) is 3.29. The van der Waals surface area contributed by atoms with Gasteiger partial charge < -0.3 is 19.9 Å².